The highest BCUT2D eigenvalue weighted by Crippen LogP contribution is 2.40. The van der Waals surface area contributed by atoms with Crippen LogP contribution in [0.25, 0.3) is 11.0 Å². The van der Waals surface area contributed by atoms with Crippen LogP contribution in [0.3, 0.4) is 0 Å². The zero-order valence-electron chi connectivity index (χ0n) is 18.0. The van der Waals surface area contributed by atoms with E-state index < -0.39 is 33.3 Å². The van der Waals surface area contributed by atoms with Gasteiger partial charge in [0.05, 0.1) is 22.8 Å². The van der Waals surface area contributed by atoms with Crippen LogP contribution in [0, 0.1) is 0 Å². The average Bonchev–Trinajstić information content (AvgIpc) is 3.16. The molecule has 12 heteroatoms. The molecule has 0 bridgehead atoms. The summed E-state index contributed by atoms with van der Waals surface area (Å²) >= 11 is 7.47. The Kier molecular flexibility index (Phi) is 5.65. The van der Waals surface area contributed by atoms with Crippen LogP contribution in [0.1, 0.15) is 45.2 Å². The van der Waals surface area contributed by atoms with Crippen LogP contribution in [0.15, 0.2) is 39.7 Å². The van der Waals surface area contributed by atoms with Crippen LogP contribution >= 0.6 is 22.9 Å². The van der Waals surface area contributed by atoms with Crippen LogP contribution in [0.2, 0.25) is 0 Å². The van der Waals surface area contributed by atoms with Crippen LogP contribution in [-0.2, 0) is 27.7 Å². The Balaban J connectivity index is 1.49. The summed E-state index contributed by atoms with van der Waals surface area (Å²) in [5.74, 6) is -1.22. The Morgan fingerprint density at radius 1 is 1.21 bits per heavy atom. The van der Waals surface area contributed by atoms with E-state index in [-0.39, 0.29) is 21.6 Å². The number of nitrogens with zero attached hydrogens (tertiary/aromatic N) is 1. The second kappa shape index (κ2) is 8.40. The number of fused-ring (bicyclic) bond motifs is 2. The van der Waals surface area contributed by atoms with Gasteiger partial charge >= 0.3 is 0 Å². The molecule has 2 unspecified atom stereocenters. The molecular weight excluding hydrogens is 502 g/mol. The summed E-state index contributed by atoms with van der Waals surface area (Å²) < 4.78 is 31.8. The monoisotopic (exact) mass is 521 g/mol. The first-order valence-corrected chi connectivity index (χ1v) is 13.7. The fraction of sp³-hybridized carbons (Fsp3) is 0.318. The number of anilines is 1. The lowest BCUT2D eigenvalue weighted by molar-refractivity contribution is -0.149. The SMILES string of the molecule is CS(=O)(=O)Nc1sc2c(c1C(=O)NN1C(=O)C(Cl)C1c1coc3ccccc3c1=O)CCCC2. The van der Waals surface area contributed by atoms with Crippen molar-refractivity contribution in [2.75, 3.05) is 11.0 Å². The van der Waals surface area contributed by atoms with E-state index in [4.69, 9.17) is 16.0 Å². The molecule has 3 aromatic rings. The zero-order valence-corrected chi connectivity index (χ0v) is 20.3. The number of hydrogen-bond donors (Lipinski definition) is 2. The molecule has 2 amide bonds. The number of para-hydroxylation sites is 1. The van der Waals surface area contributed by atoms with Gasteiger partial charge in [0.15, 0.2) is 5.43 Å². The lowest BCUT2D eigenvalue weighted by atomic mass is 9.94. The fourth-order valence-corrected chi connectivity index (χ4v) is 6.94. The van der Waals surface area contributed by atoms with Gasteiger partial charge in [-0.25, -0.2) is 13.4 Å². The number of thiophene rings is 1. The predicted molar refractivity (Wildman–Crippen MR) is 129 cm³/mol. The van der Waals surface area contributed by atoms with Crippen molar-refractivity contribution in [1.29, 1.82) is 0 Å². The van der Waals surface area contributed by atoms with Crippen molar-refractivity contribution in [3.05, 3.63) is 62.3 Å². The van der Waals surface area contributed by atoms with E-state index in [0.717, 1.165) is 41.0 Å². The molecule has 2 atom stereocenters. The van der Waals surface area contributed by atoms with E-state index in [2.05, 4.69) is 10.1 Å². The lowest BCUT2D eigenvalue weighted by Crippen LogP contribution is -2.64. The molecular formula is C22H20ClN3O6S2. The summed E-state index contributed by atoms with van der Waals surface area (Å²) in [6.45, 7) is 0. The van der Waals surface area contributed by atoms with Crippen molar-refractivity contribution < 1.29 is 22.4 Å². The van der Waals surface area contributed by atoms with Crippen molar-refractivity contribution in [3.63, 3.8) is 0 Å². The van der Waals surface area contributed by atoms with Crippen LogP contribution in [0.4, 0.5) is 5.00 Å². The molecule has 2 aromatic heterocycles. The first kappa shape index (κ1) is 22.9. The van der Waals surface area contributed by atoms with Crippen molar-refractivity contribution in [2.24, 2.45) is 0 Å². The number of β-lactam (4-membered cyclic amide) rings is 1. The number of sulfonamides is 1. The third-order valence-electron chi connectivity index (χ3n) is 5.95. The van der Waals surface area contributed by atoms with Crippen molar-refractivity contribution in [3.8, 4) is 0 Å². The van der Waals surface area contributed by atoms with E-state index in [1.807, 2.05) is 0 Å². The predicted octanol–water partition coefficient (Wildman–Crippen LogP) is 2.94. The molecule has 1 fully saturated rings. The highest BCUT2D eigenvalue weighted by Gasteiger charge is 2.50. The van der Waals surface area contributed by atoms with Gasteiger partial charge in [0, 0.05) is 4.88 Å². The molecule has 1 aliphatic heterocycles. The minimum atomic E-state index is -3.63. The second-order valence-electron chi connectivity index (χ2n) is 8.30. The lowest BCUT2D eigenvalue weighted by Gasteiger charge is -2.43. The largest absolute Gasteiger partial charge is 0.464 e. The van der Waals surface area contributed by atoms with Gasteiger partial charge in [-0.3, -0.25) is 24.5 Å². The van der Waals surface area contributed by atoms with Crippen molar-refractivity contribution in [2.45, 2.75) is 37.1 Å². The van der Waals surface area contributed by atoms with E-state index in [0.29, 0.717) is 17.4 Å². The van der Waals surface area contributed by atoms with Crippen molar-refractivity contribution >= 4 is 60.7 Å². The summed E-state index contributed by atoms with van der Waals surface area (Å²) in [4.78, 5) is 39.9. The van der Waals surface area contributed by atoms with Crippen LogP contribution < -0.4 is 15.6 Å². The first-order chi connectivity index (χ1) is 16.2. The third kappa shape index (κ3) is 3.87. The van der Waals surface area contributed by atoms with Gasteiger partial charge < -0.3 is 4.42 Å². The highest BCUT2D eigenvalue weighted by molar-refractivity contribution is 7.92. The van der Waals surface area contributed by atoms with E-state index in [1.54, 1.807) is 24.3 Å². The molecule has 0 saturated carbocycles. The van der Waals surface area contributed by atoms with Gasteiger partial charge in [-0.1, -0.05) is 12.1 Å². The third-order valence-corrected chi connectivity index (χ3v) is 8.29. The van der Waals surface area contributed by atoms with Gasteiger partial charge in [-0.15, -0.1) is 22.9 Å². The average molecular weight is 522 g/mol. The Morgan fingerprint density at radius 2 is 1.94 bits per heavy atom. The molecule has 178 valence electrons. The molecule has 5 rings (SSSR count). The maximum Gasteiger partial charge on any atom is 0.273 e. The summed E-state index contributed by atoms with van der Waals surface area (Å²) in [5.41, 5.74) is 3.70. The number of carbonyl (C=O) groups is 2. The number of halogens is 1. The van der Waals surface area contributed by atoms with Gasteiger partial charge in [0.25, 0.3) is 11.8 Å². The van der Waals surface area contributed by atoms with Crippen LogP contribution in [0.5, 0.6) is 0 Å². The molecule has 0 spiro atoms. The zero-order chi connectivity index (χ0) is 24.2. The number of rotatable bonds is 5. The number of amides is 2. The van der Waals surface area contributed by atoms with Gasteiger partial charge in [-0.2, -0.15) is 0 Å². The van der Waals surface area contributed by atoms with E-state index in [1.165, 1.54) is 17.6 Å². The molecule has 3 heterocycles. The van der Waals surface area contributed by atoms with Crippen molar-refractivity contribution in [1.82, 2.24) is 10.4 Å². The molecule has 1 aromatic carbocycles. The number of carbonyl (C=O) groups excluding carboxylic acids is 2. The van der Waals surface area contributed by atoms with Gasteiger partial charge in [0.2, 0.25) is 10.0 Å². The number of hydrogen-bond acceptors (Lipinski definition) is 7. The summed E-state index contributed by atoms with van der Waals surface area (Å²) in [5, 5.41) is 0.498. The summed E-state index contributed by atoms with van der Waals surface area (Å²) in [6, 6.07) is 5.76. The van der Waals surface area contributed by atoms with E-state index >= 15 is 0 Å². The highest BCUT2D eigenvalue weighted by atomic mass is 35.5. The van der Waals surface area contributed by atoms with E-state index in [9.17, 15) is 22.8 Å². The molecule has 1 saturated heterocycles. The maximum absolute atomic E-state index is 13.3. The minimum Gasteiger partial charge on any atom is -0.464 e. The Hall–Kier alpha value is -2.89. The molecule has 34 heavy (non-hydrogen) atoms. The van der Waals surface area contributed by atoms with Crippen LogP contribution in [-0.4, -0.2) is 36.9 Å². The second-order valence-corrected chi connectivity index (χ2v) is 11.6. The van der Waals surface area contributed by atoms with Gasteiger partial charge in [0.1, 0.15) is 28.3 Å². The first-order valence-electron chi connectivity index (χ1n) is 10.6. The number of nitrogens with one attached hydrogen (secondary N) is 2. The maximum atomic E-state index is 13.3. The quantitative estimate of drug-likeness (QED) is 0.393. The number of benzene rings is 1. The molecule has 2 aliphatic rings. The Labute approximate surface area is 203 Å². The smallest absolute Gasteiger partial charge is 0.273 e. The molecule has 2 N–H and O–H groups in total. The number of alkyl halides is 1. The Morgan fingerprint density at radius 3 is 2.71 bits per heavy atom. The summed E-state index contributed by atoms with van der Waals surface area (Å²) in [6.07, 6.45) is 5.46. The normalized spacial score (nSPS) is 20.1. The molecule has 9 nitrogen and oxygen atoms in total. The Bertz CT molecular complexity index is 1500. The molecule has 0 radical (unpaired) electrons. The van der Waals surface area contributed by atoms with Gasteiger partial charge in [-0.05, 0) is 43.4 Å². The summed E-state index contributed by atoms with van der Waals surface area (Å²) in [7, 11) is -3.63. The topological polar surface area (TPSA) is 126 Å². The number of aryl methyl sites for hydroxylation is 1. The number of hydrazine groups is 1. The standard InChI is InChI=1S/C22H20ClN3O6S2/c1-34(30,31)25-21-16(12-7-3-5-9-15(12)33-21)20(28)24-26-18(17(23)22(26)29)13-10-32-14-8-4-2-6-11(14)19(13)27/h2,4,6,8,10,17-18,25H,3,5,7,9H2,1H3,(H,24,28). The fourth-order valence-electron chi connectivity index (χ4n) is 4.38. The molecule has 1 aliphatic carbocycles. The minimum absolute atomic E-state index is 0.139.